The molecule has 37 heavy (non-hydrogen) atoms. The van der Waals surface area contributed by atoms with Crippen molar-refractivity contribution in [2.45, 2.75) is 33.3 Å². The number of nitrogens with one attached hydrogen (secondary N) is 2. The van der Waals surface area contributed by atoms with E-state index in [0.717, 1.165) is 11.1 Å². The van der Waals surface area contributed by atoms with E-state index in [1.165, 1.54) is 25.1 Å². The number of ether oxygens (including phenoxy) is 1. The highest BCUT2D eigenvalue weighted by molar-refractivity contribution is 6.13. The topological polar surface area (TPSA) is 134 Å². The Labute approximate surface area is 213 Å². The van der Waals surface area contributed by atoms with Crippen LogP contribution in [0, 0.1) is 11.3 Å². The third-order valence-electron chi connectivity index (χ3n) is 5.25. The Hall–Kier alpha value is -4.97. The fraction of sp³-hybridized carbons (Fsp3) is 0.179. The number of nitrogens with zero attached hydrogens (tertiary/aromatic N) is 2. The number of hydrogen-bond donors (Lipinski definition) is 2. The van der Waals surface area contributed by atoms with Crippen molar-refractivity contribution in [3.05, 3.63) is 77.5 Å². The average Bonchev–Trinajstić information content (AvgIpc) is 3.26. The van der Waals surface area contributed by atoms with Crippen LogP contribution >= 0.6 is 0 Å². The van der Waals surface area contributed by atoms with Gasteiger partial charge in [-0.1, -0.05) is 29.4 Å². The van der Waals surface area contributed by atoms with Gasteiger partial charge in [-0.05, 0) is 62.7 Å². The molecule has 186 valence electrons. The fourth-order valence-corrected chi connectivity index (χ4v) is 3.71. The van der Waals surface area contributed by atoms with Crippen LogP contribution in [0.2, 0.25) is 0 Å². The Morgan fingerprint density at radius 2 is 1.73 bits per heavy atom. The number of rotatable bonds is 5. The Kier molecular flexibility index (Phi) is 6.76. The molecule has 2 N–H and O–H groups in total. The van der Waals surface area contributed by atoms with Gasteiger partial charge in [-0.3, -0.25) is 9.59 Å². The lowest BCUT2D eigenvalue weighted by Crippen LogP contribution is -2.25. The van der Waals surface area contributed by atoms with Gasteiger partial charge in [0.05, 0.1) is 28.3 Å². The van der Waals surface area contributed by atoms with Crippen molar-refractivity contribution in [1.29, 1.82) is 5.26 Å². The molecular formula is C28H24N4O5. The first-order valence-corrected chi connectivity index (χ1v) is 11.4. The fourth-order valence-electron chi connectivity index (χ4n) is 3.71. The number of para-hydroxylation sites is 1. The standard InChI is InChI=1S/C28H24N4O5/c1-16(33)30-22-8-6-5-7-19(22)18-10-12-24-21(14-18)25(32-37-24)26(34)31-23-11-9-17(15-29)13-20(23)27(35)36-28(2,3)4/h5-14H,1-4H3,(H,30,33)(H,31,34). The first-order valence-electron chi connectivity index (χ1n) is 11.4. The molecule has 4 rings (SSSR count). The van der Waals surface area contributed by atoms with E-state index < -0.39 is 17.5 Å². The molecule has 0 atom stereocenters. The van der Waals surface area contributed by atoms with Crippen molar-refractivity contribution in [3.63, 3.8) is 0 Å². The lowest BCUT2D eigenvalue weighted by atomic mass is 10.0. The van der Waals surface area contributed by atoms with Gasteiger partial charge in [-0.15, -0.1) is 0 Å². The van der Waals surface area contributed by atoms with Crippen LogP contribution in [-0.4, -0.2) is 28.5 Å². The Bertz CT molecular complexity index is 1570. The van der Waals surface area contributed by atoms with Crippen LogP contribution in [0.25, 0.3) is 22.1 Å². The quantitative estimate of drug-likeness (QED) is 0.347. The molecule has 4 aromatic rings. The van der Waals surface area contributed by atoms with Crippen LogP contribution in [0.4, 0.5) is 11.4 Å². The van der Waals surface area contributed by atoms with E-state index in [1.807, 2.05) is 24.3 Å². The molecule has 0 saturated carbocycles. The van der Waals surface area contributed by atoms with E-state index in [4.69, 9.17) is 9.26 Å². The summed E-state index contributed by atoms with van der Waals surface area (Å²) in [5.41, 5.74) is 2.19. The average molecular weight is 497 g/mol. The number of hydrogen-bond acceptors (Lipinski definition) is 7. The molecule has 0 saturated heterocycles. The Balaban J connectivity index is 1.70. The molecule has 1 aromatic heterocycles. The third-order valence-corrected chi connectivity index (χ3v) is 5.25. The molecule has 0 spiro atoms. The minimum absolute atomic E-state index is 0.00774. The normalized spacial score (nSPS) is 11.0. The monoisotopic (exact) mass is 496 g/mol. The molecular weight excluding hydrogens is 472 g/mol. The Morgan fingerprint density at radius 1 is 0.973 bits per heavy atom. The summed E-state index contributed by atoms with van der Waals surface area (Å²) in [4.78, 5) is 37.7. The number of amides is 2. The number of fused-ring (bicyclic) bond motifs is 1. The zero-order valence-electron chi connectivity index (χ0n) is 20.7. The SMILES string of the molecule is CC(=O)Nc1ccccc1-c1ccc2onc(C(=O)Nc3ccc(C#N)cc3C(=O)OC(C)(C)C)c2c1. The van der Waals surface area contributed by atoms with Crippen LogP contribution in [0.15, 0.2) is 65.2 Å². The summed E-state index contributed by atoms with van der Waals surface area (Å²) < 4.78 is 10.8. The Morgan fingerprint density at radius 3 is 2.43 bits per heavy atom. The van der Waals surface area contributed by atoms with Gasteiger partial charge in [0.1, 0.15) is 5.60 Å². The van der Waals surface area contributed by atoms with Gasteiger partial charge in [0.25, 0.3) is 5.91 Å². The van der Waals surface area contributed by atoms with E-state index in [9.17, 15) is 19.6 Å². The van der Waals surface area contributed by atoms with Crippen molar-refractivity contribution in [3.8, 4) is 17.2 Å². The molecule has 0 radical (unpaired) electrons. The van der Waals surface area contributed by atoms with Crippen molar-refractivity contribution in [1.82, 2.24) is 5.16 Å². The summed E-state index contributed by atoms with van der Waals surface area (Å²) in [5.74, 6) is -1.50. The first kappa shape index (κ1) is 25.1. The number of nitriles is 1. The summed E-state index contributed by atoms with van der Waals surface area (Å²) >= 11 is 0. The van der Waals surface area contributed by atoms with Gasteiger partial charge in [0.2, 0.25) is 5.91 Å². The highest BCUT2D eigenvalue weighted by atomic mass is 16.6. The molecule has 0 aliphatic heterocycles. The van der Waals surface area contributed by atoms with E-state index in [2.05, 4.69) is 15.8 Å². The van der Waals surface area contributed by atoms with E-state index in [-0.39, 0.29) is 28.4 Å². The zero-order valence-corrected chi connectivity index (χ0v) is 20.7. The van der Waals surface area contributed by atoms with Crippen LogP contribution in [0.1, 0.15) is 54.1 Å². The summed E-state index contributed by atoms with van der Waals surface area (Å²) in [5, 5.41) is 19.1. The van der Waals surface area contributed by atoms with Crippen molar-refractivity contribution in [2.75, 3.05) is 10.6 Å². The van der Waals surface area contributed by atoms with Gasteiger partial charge in [0, 0.05) is 18.2 Å². The second kappa shape index (κ2) is 9.95. The lowest BCUT2D eigenvalue weighted by molar-refractivity contribution is -0.114. The predicted molar refractivity (Wildman–Crippen MR) is 138 cm³/mol. The molecule has 0 aliphatic rings. The van der Waals surface area contributed by atoms with Gasteiger partial charge >= 0.3 is 5.97 Å². The molecule has 0 bridgehead atoms. The zero-order chi connectivity index (χ0) is 26.7. The van der Waals surface area contributed by atoms with Crippen molar-refractivity contribution >= 4 is 40.1 Å². The van der Waals surface area contributed by atoms with Crippen molar-refractivity contribution in [2.24, 2.45) is 0 Å². The maximum Gasteiger partial charge on any atom is 0.340 e. The largest absolute Gasteiger partial charge is 0.456 e. The first-order chi connectivity index (χ1) is 17.6. The highest BCUT2D eigenvalue weighted by Gasteiger charge is 2.24. The van der Waals surface area contributed by atoms with Gasteiger partial charge < -0.3 is 19.9 Å². The number of aromatic nitrogens is 1. The van der Waals surface area contributed by atoms with Crippen LogP contribution in [-0.2, 0) is 9.53 Å². The van der Waals surface area contributed by atoms with Crippen LogP contribution in [0.5, 0.6) is 0 Å². The minimum atomic E-state index is -0.771. The van der Waals surface area contributed by atoms with Crippen LogP contribution in [0.3, 0.4) is 0 Å². The highest BCUT2D eigenvalue weighted by Crippen LogP contribution is 2.32. The van der Waals surface area contributed by atoms with Gasteiger partial charge in [-0.25, -0.2) is 4.79 Å². The molecule has 0 aliphatic carbocycles. The minimum Gasteiger partial charge on any atom is -0.456 e. The van der Waals surface area contributed by atoms with E-state index in [1.54, 1.807) is 45.0 Å². The third kappa shape index (κ3) is 5.65. The number of anilines is 2. The number of esters is 1. The predicted octanol–water partition coefficient (Wildman–Crippen LogP) is 5.53. The number of benzene rings is 3. The maximum atomic E-state index is 13.3. The maximum absolute atomic E-state index is 13.3. The summed E-state index contributed by atoms with van der Waals surface area (Å²) in [6.07, 6.45) is 0. The lowest BCUT2D eigenvalue weighted by Gasteiger charge is -2.20. The summed E-state index contributed by atoms with van der Waals surface area (Å²) in [6, 6.07) is 18.8. The van der Waals surface area contributed by atoms with Gasteiger partial charge in [-0.2, -0.15) is 5.26 Å². The van der Waals surface area contributed by atoms with E-state index in [0.29, 0.717) is 16.7 Å². The summed E-state index contributed by atoms with van der Waals surface area (Å²) in [6.45, 7) is 6.60. The molecule has 2 amide bonds. The second-order valence-corrected chi connectivity index (χ2v) is 9.30. The smallest absolute Gasteiger partial charge is 0.340 e. The van der Waals surface area contributed by atoms with Crippen molar-refractivity contribution < 1.29 is 23.6 Å². The number of carbonyl (C=O) groups is 3. The van der Waals surface area contributed by atoms with E-state index >= 15 is 0 Å². The molecule has 3 aromatic carbocycles. The molecule has 0 unspecified atom stereocenters. The van der Waals surface area contributed by atoms with Gasteiger partial charge in [0.15, 0.2) is 11.3 Å². The molecule has 0 fully saturated rings. The second-order valence-electron chi connectivity index (χ2n) is 9.30. The number of carbonyl (C=O) groups excluding carboxylic acids is 3. The van der Waals surface area contributed by atoms with Crippen LogP contribution < -0.4 is 10.6 Å². The molecule has 1 heterocycles. The molecule has 9 heteroatoms. The molecule has 9 nitrogen and oxygen atoms in total. The summed E-state index contributed by atoms with van der Waals surface area (Å²) in [7, 11) is 0.